The normalized spacial score (nSPS) is 13.7. The molecule has 1 aliphatic rings. The number of ether oxygens (including phenoxy) is 5. The third kappa shape index (κ3) is 3.98. The molecule has 12 heteroatoms. The van der Waals surface area contributed by atoms with Gasteiger partial charge in [-0.25, -0.2) is 19.3 Å². The van der Waals surface area contributed by atoms with Crippen LogP contribution in [0.5, 0.6) is 40.4 Å². The van der Waals surface area contributed by atoms with Crippen molar-refractivity contribution in [2.45, 2.75) is 5.92 Å². The lowest BCUT2D eigenvalue weighted by Gasteiger charge is -2.28. The molecule has 0 bridgehead atoms. The number of hydrogen-bond acceptors (Lipinski definition) is 11. The van der Waals surface area contributed by atoms with Gasteiger partial charge >= 0.3 is 5.63 Å². The predicted octanol–water partition coefficient (Wildman–Crippen LogP) is 4.92. The minimum absolute atomic E-state index is 0.0614. The molecule has 3 aromatic carbocycles. The van der Waals surface area contributed by atoms with Gasteiger partial charge in [-0.15, -0.1) is 5.10 Å². The van der Waals surface area contributed by atoms with E-state index in [2.05, 4.69) is 10.1 Å². The van der Waals surface area contributed by atoms with E-state index in [1.807, 2.05) is 12.1 Å². The van der Waals surface area contributed by atoms with Gasteiger partial charge in [0.05, 0.1) is 50.9 Å². The van der Waals surface area contributed by atoms with Crippen molar-refractivity contribution in [3.05, 3.63) is 88.0 Å². The fourth-order valence-corrected chi connectivity index (χ4v) is 5.47. The maximum Gasteiger partial charge on any atom is 0.344 e. The van der Waals surface area contributed by atoms with Crippen LogP contribution in [0, 0.1) is 0 Å². The molecule has 0 spiro atoms. The monoisotopic (exact) mass is 580 g/mol. The highest BCUT2D eigenvalue weighted by molar-refractivity contribution is 5.87. The molecule has 7 rings (SSSR count). The Balaban J connectivity index is 1.55. The fraction of sp³-hybridized carbons (Fsp3) is 0.161. The second kappa shape index (κ2) is 9.94. The zero-order valence-electron chi connectivity index (χ0n) is 23.4. The maximum atomic E-state index is 13.8. The zero-order valence-corrected chi connectivity index (χ0v) is 23.4. The van der Waals surface area contributed by atoms with E-state index >= 15 is 0 Å². The number of aromatic nitrogens is 4. The minimum Gasteiger partial charge on any atom is -0.504 e. The van der Waals surface area contributed by atoms with Crippen LogP contribution in [0.4, 0.5) is 0 Å². The molecule has 0 fully saturated rings. The third-order valence-electron chi connectivity index (χ3n) is 7.45. The summed E-state index contributed by atoms with van der Waals surface area (Å²) >= 11 is 0. The lowest BCUT2D eigenvalue weighted by Crippen LogP contribution is -2.23. The van der Waals surface area contributed by atoms with Crippen molar-refractivity contribution in [2.24, 2.45) is 0 Å². The highest BCUT2D eigenvalue weighted by atomic mass is 16.5. The van der Waals surface area contributed by atoms with Crippen molar-refractivity contribution < 1.29 is 33.2 Å². The first-order valence-corrected chi connectivity index (χ1v) is 13.1. The first-order valence-electron chi connectivity index (χ1n) is 13.1. The molecule has 1 unspecified atom stereocenters. The average molecular weight is 581 g/mol. The second-order valence-electron chi connectivity index (χ2n) is 9.67. The quantitative estimate of drug-likeness (QED) is 0.268. The van der Waals surface area contributed by atoms with Crippen molar-refractivity contribution in [1.82, 2.24) is 19.6 Å². The van der Waals surface area contributed by atoms with E-state index in [1.54, 1.807) is 36.4 Å². The molecular weight excluding hydrogens is 556 g/mol. The summed E-state index contributed by atoms with van der Waals surface area (Å²) in [6.07, 6.45) is 1.48. The van der Waals surface area contributed by atoms with E-state index in [0.29, 0.717) is 67.9 Å². The summed E-state index contributed by atoms with van der Waals surface area (Å²) in [5, 5.41) is 15.6. The van der Waals surface area contributed by atoms with E-state index < -0.39 is 11.5 Å². The van der Waals surface area contributed by atoms with Crippen molar-refractivity contribution >= 4 is 16.6 Å². The molecule has 6 aromatic rings. The predicted molar refractivity (Wildman–Crippen MR) is 154 cm³/mol. The highest BCUT2D eigenvalue weighted by Crippen LogP contribution is 2.52. The number of aromatic hydroxyl groups is 1. The molecule has 0 aliphatic carbocycles. The number of hydrogen-bond donors (Lipinski definition) is 1. The Morgan fingerprint density at radius 2 is 1.60 bits per heavy atom. The van der Waals surface area contributed by atoms with Gasteiger partial charge in [0.15, 0.2) is 40.2 Å². The topological polar surface area (TPSA) is 140 Å². The van der Waals surface area contributed by atoms with Gasteiger partial charge in [-0.2, -0.15) is 0 Å². The van der Waals surface area contributed by atoms with Gasteiger partial charge in [-0.1, -0.05) is 12.1 Å². The molecule has 216 valence electrons. The standard InChI is InChI=1S/C31H24N4O8/c1-38-20-10-9-15(11-18(20)36)28-33-29-26-24(17-12-22(40-3)23(41-4)13-21(17)39-2)25-27(43-30(26)32-14-35(29)34-28)16-7-5-6-8-19(16)42-31(25)37/h5-14,24,36H,1-4H3. The van der Waals surface area contributed by atoms with Gasteiger partial charge < -0.3 is 33.2 Å². The number of fused-ring (bicyclic) bond motifs is 6. The van der Waals surface area contributed by atoms with E-state index in [4.69, 9.17) is 33.1 Å². The number of phenolic OH excluding ortho intramolecular Hbond substituents is 1. The lowest BCUT2D eigenvalue weighted by molar-refractivity contribution is 0.346. The smallest absolute Gasteiger partial charge is 0.344 e. The number of methoxy groups -OCH3 is 4. The molecule has 43 heavy (non-hydrogen) atoms. The van der Waals surface area contributed by atoms with Gasteiger partial charge in [-0.05, 0) is 36.4 Å². The summed E-state index contributed by atoms with van der Waals surface area (Å²) in [6.45, 7) is 0. The number of rotatable bonds is 6. The summed E-state index contributed by atoms with van der Waals surface area (Å²) in [5.74, 6) is 1.58. The fourth-order valence-electron chi connectivity index (χ4n) is 5.47. The Hall–Kier alpha value is -5.78. The molecule has 1 aliphatic heterocycles. The molecule has 12 nitrogen and oxygen atoms in total. The molecule has 4 heterocycles. The summed E-state index contributed by atoms with van der Waals surface area (Å²) in [6, 6.07) is 15.4. The Labute approximate surface area is 243 Å². The van der Waals surface area contributed by atoms with Crippen LogP contribution in [0.2, 0.25) is 0 Å². The van der Waals surface area contributed by atoms with Crippen molar-refractivity contribution in [1.29, 1.82) is 0 Å². The molecule has 1 atom stereocenters. The molecular formula is C31H24N4O8. The van der Waals surface area contributed by atoms with Gasteiger partial charge in [-0.3, -0.25) is 0 Å². The van der Waals surface area contributed by atoms with Crippen LogP contribution in [0.3, 0.4) is 0 Å². The Kier molecular flexibility index (Phi) is 6.04. The summed E-state index contributed by atoms with van der Waals surface area (Å²) in [4.78, 5) is 23.2. The lowest BCUT2D eigenvalue weighted by atomic mass is 9.83. The summed E-state index contributed by atoms with van der Waals surface area (Å²) in [5.41, 5.74) is 1.95. The Bertz CT molecular complexity index is 2120. The van der Waals surface area contributed by atoms with Crippen molar-refractivity contribution in [3.8, 4) is 51.8 Å². The first kappa shape index (κ1) is 26.1. The zero-order chi connectivity index (χ0) is 29.8. The minimum atomic E-state index is -0.827. The largest absolute Gasteiger partial charge is 0.504 e. The van der Waals surface area contributed by atoms with E-state index in [9.17, 15) is 9.90 Å². The maximum absolute atomic E-state index is 13.8. The second-order valence-corrected chi connectivity index (χ2v) is 9.67. The van der Waals surface area contributed by atoms with Crippen molar-refractivity contribution in [3.63, 3.8) is 0 Å². The summed E-state index contributed by atoms with van der Waals surface area (Å²) in [7, 11) is 6.05. The van der Waals surface area contributed by atoms with Gasteiger partial charge in [0.25, 0.3) is 0 Å². The summed E-state index contributed by atoms with van der Waals surface area (Å²) < 4.78 is 35.8. The number of nitrogens with zero attached hydrogens (tertiary/aromatic N) is 4. The van der Waals surface area contributed by atoms with Crippen LogP contribution >= 0.6 is 0 Å². The molecule has 0 saturated carbocycles. The third-order valence-corrected chi connectivity index (χ3v) is 7.45. The Morgan fingerprint density at radius 1 is 0.860 bits per heavy atom. The Morgan fingerprint density at radius 3 is 2.35 bits per heavy atom. The molecule has 0 radical (unpaired) electrons. The average Bonchev–Trinajstić information content (AvgIpc) is 3.48. The van der Waals surface area contributed by atoms with Gasteiger partial charge in [0, 0.05) is 17.2 Å². The SMILES string of the molecule is COc1ccc(-c2nc3c4c(ncn3n2)Oc2c(c(=O)oc3ccccc23)C4c2cc(OC)c(OC)cc2OC)cc1O. The molecule has 3 aromatic heterocycles. The number of para-hydroxylation sites is 1. The van der Waals surface area contributed by atoms with Gasteiger partial charge in [0.1, 0.15) is 17.7 Å². The van der Waals surface area contributed by atoms with Crippen LogP contribution in [-0.4, -0.2) is 53.1 Å². The first-order chi connectivity index (χ1) is 20.9. The van der Waals surface area contributed by atoms with Crippen LogP contribution in [0.25, 0.3) is 28.0 Å². The van der Waals surface area contributed by atoms with Crippen molar-refractivity contribution in [2.75, 3.05) is 28.4 Å². The van der Waals surface area contributed by atoms with Crippen LogP contribution in [-0.2, 0) is 0 Å². The van der Waals surface area contributed by atoms with Gasteiger partial charge in [0.2, 0.25) is 5.88 Å². The molecule has 0 amide bonds. The highest BCUT2D eigenvalue weighted by Gasteiger charge is 2.39. The van der Waals surface area contributed by atoms with E-state index in [1.165, 1.54) is 45.3 Å². The van der Waals surface area contributed by atoms with E-state index in [-0.39, 0.29) is 17.2 Å². The number of benzene rings is 3. The van der Waals surface area contributed by atoms with E-state index in [0.717, 1.165) is 0 Å². The van der Waals surface area contributed by atoms with Crippen LogP contribution in [0.15, 0.2) is 70.1 Å². The number of phenols is 1. The van der Waals surface area contributed by atoms with Crippen LogP contribution < -0.4 is 29.3 Å². The molecule has 0 saturated heterocycles. The molecule has 1 N–H and O–H groups in total. The van der Waals surface area contributed by atoms with Crippen LogP contribution in [0.1, 0.15) is 22.6 Å².